The van der Waals surface area contributed by atoms with E-state index in [1.54, 1.807) is 11.1 Å². The summed E-state index contributed by atoms with van der Waals surface area (Å²) in [6, 6.07) is 0. The smallest absolute Gasteiger partial charge is 0.0706 e. The maximum Gasteiger partial charge on any atom is 0.0706 e. The van der Waals surface area contributed by atoms with Crippen LogP contribution in [0.4, 0.5) is 0 Å². The maximum absolute atomic E-state index is 5.10. The zero-order chi connectivity index (χ0) is 6.81. The summed E-state index contributed by atoms with van der Waals surface area (Å²) in [7, 11) is 0. The van der Waals surface area contributed by atoms with Crippen LogP contribution in [-0.2, 0) is 4.74 Å². The van der Waals surface area contributed by atoms with Crippen LogP contribution in [0.2, 0.25) is 0 Å². The van der Waals surface area contributed by atoms with Crippen LogP contribution < -0.4 is 5.32 Å². The van der Waals surface area contributed by atoms with Gasteiger partial charge in [0.2, 0.25) is 0 Å². The number of piperidine rings is 1. The highest BCUT2D eigenvalue weighted by Gasteiger charge is 2.16. The van der Waals surface area contributed by atoms with E-state index in [1.165, 1.54) is 19.4 Å². The molecule has 0 aromatic rings. The molecule has 0 bridgehead atoms. The summed E-state index contributed by atoms with van der Waals surface area (Å²) in [5.41, 5.74) is 3.16. The third-order valence-corrected chi connectivity index (χ3v) is 2.22. The van der Waals surface area contributed by atoms with Gasteiger partial charge in [-0.15, -0.1) is 0 Å². The molecule has 2 heterocycles. The molecule has 0 amide bonds. The Morgan fingerprint density at radius 1 is 1.20 bits per heavy atom. The first-order valence-electron chi connectivity index (χ1n) is 3.95. The minimum atomic E-state index is 0.900. The van der Waals surface area contributed by atoms with Gasteiger partial charge in [0.25, 0.3) is 0 Å². The lowest BCUT2D eigenvalue weighted by atomic mass is 9.99. The van der Waals surface area contributed by atoms with Crippen molar-refractivity contribution in [3.05, 3.63) is 11.1 Å². The van der Waals surface area contributed by atoms with Crippen molar-refractivity contribution in [1.29, 1.82) is 0 Å². The Hall–Kier alpha value is -0.340. The first-order valence-corrected chi connectivity index (χ1v) is 3.95. The molecule has 0 aromatic carbocycles. The van der Waals surface area contributed by atoms with Gasteiger partial charge >= 0.3 is 0 Å². The Bertz CT molecular complexity index is 149. The summed E-state index contributed by atoms with van der Waals surface area (Å²) in [5, 5.41) is 3.37. The van der Waals surface area contributed by atoms with E-state index in [2.05, 4.69) is 5.32 Å². The molecule has 2 saturated heterocycles. The van der Waals surface area contributed by atoms with E-state index in [4.69, 9.17) is 4.74 Å². The van der Waals surface area contributed by atoms with Crippen LogP contribution in [0.25, 0.3) is 0 Å². The van der Waals surface area contributed by atoms with Crippen LogP contribution in [-0.4, -0.2) is 26.3 Å². The van der Waals surface area contributed by atoms with Crippen molar-refractivity contribution in [2.45, 2.75) is 12.8 Å². The normalized spacial score (nSPS) is 26.4. The van der Waals surface area contributed by atoms with E-state index >= 15 is 0 Å². The monoisotopic (exact) mass is 139 g/mol. The van der Waals surface area contributed by atoms with E-state index in [0.29, 0.717) is 0 Å². The van der Waals surface area contributed by atoms with Crippen LogP contribution in [0.1, 0.15) is 12.8 Å². The lowest BCUT2D eigenvalue weighted by Gasteiger charge is -2.25. The number of nitrogens with one attached hydrogen (secondary N) is 1. The molecule has 2 rings (SSSR count). The fourth-order valence-electron chi connectivity index (χ4n) is 1.46. The molecule has 0 saturated carbocycles. The van der Waals surface area contributed by atoms with Gasteiger partial charge in [-0.1, -0.05) is 5.57 Å². The SMILES string of the molecule is C1CNCC(=C2COC2)C1. The topological polar surface area (TPSA) is 21.3 Å². The molecule has 0 spiro atoms. The van der Waals surface area contributed by atoms with E-state index in [1.807, 2.05) is 0 Å². The maximum atomic E-state index is 5.10. The second-order valence-corrected chi connectivity index (χ2v) is 2.98. The van der Waals surface area contributed by atoms with Crippen LogP contribution in [0.5, 0.6) is 0 Å². The first-order chi connectivity index (χ1) is 4.97. The molecule has 1 N–H and O–H groups in total. The van der Waals surface area contributed by atoms with Gasteiger partial charge in [-0.05, 0) is 25.0 Å². The Labute approximate surface area is 61.3 Å². The van der Waals surface area contributed by atoms with Crippen LogP contribution in [0, 0.1) is 0 Å². The highest BCUT2D eigenvalue weighted by molar-refractivity contribution is 5.21. The van der Waals surface area contributed by atoms with Gasteiger partial charge in [0.1, 0.15) is 0 Å². The quantitative estimate of drug-likeness (QED) is 0.499. The van der Waals surface area contributed by atoms with Gasteiger partial charge in [-0.2, -0.15) is 0 Å². The Morgan fingerprint density at radius 3 is 2.60 bits per heavy atom. The molecule has 2 nitrogen and oxygen atoms in total. The predicted molar refractivity (Wildman–Crippen MR) is 39.9 cm³/mol. The molecule has 0 unspecified atom stereocenters. The highest BCUT2D eigenvalue weighted by atomic mass is 16.5. The third kappa shape index (κ3) is 1.09. The molecule has 0 aliphatic carbocycles. The van der Waals surface area contributed by atoms with Gasteiger partial charge < -0.3 is 10.1 Å². The van der Waals surface area contributed by atoms with Gasteiger partial charge in [0.15, 0.2) is 0 Å². The average Bonchev–Trinajstić information content (AvgIpc) is 1.86. The van der Waals surface area contributed by atoms with Crippen molar-refractivity contribution < 1.29 is 4.74 Å². The lowest BCUT2D eigenvalue weighted by molar-refractivity contribution is 0.0999. The largest absolute Gasteiger partial charge is 0.373 e. The second kappa shape index (κ2) is 2.72. The zero-order valence-electron chi connectivity index (χ0n) is 6.15. The molecular formula is C8H13NO. The summed E-state index contributed by atoms with van der Waals surface area (Å²) in [5.74, 6) is 0. The molecule has 2 heteroatoms. The molecule has 56 valence electrons. The van der Waals surface area contributed by atoms with Crippen molar-refractivity contribution in [2.75, 3.05) is 26.3 Å². The summed E-state index contributed by atoms with van der Waals surface area (Å²) in [6.45, 7) is 4.10. The van der Waals surface area contributed by atoms with E-state index < -0.39 is 0 Å². The van der Waals surface area contributed by atoms with Gasteiger partial charge in [0, 0.05) is 6.54 Å². The van der Waals surface area contributed by atoms with Crippen molar-refractivity contribution in [2.24, 2.45) is 0 Å². The number of rotatable bonds is 0. The fourth-order valence-corrected chi connectivity index (χ4v) is 1.46. The summed E-state index contributed by atoms with van der Waals surface area (Å²) < 4.78 is 5.10. The van der Waals surface area contributed by atoms with Gasteiger partial charge in [0.05, 0.1) is 13.2 Å². The average molecular weight is 139 g/mol. The summed E-state index contributed by atoms with van der Waals surface area (Å²) in [4.78, 5) is 0. The molecule has 2 fully saturated rings. The van der Waals surface area contributed by atoms with Crippen LogP contribution in [0.15, 0.2) is 11.1 Å². The lowest BCUT2D eigenvalue weighted by Crippen LogP contribution is -2.29. The third-order valence-electron chi connectivity index (χ3n) is 2.22. The number of hydrogen-bond donors (Lipinski definition) is 1. The minimum absolute atomic E-state index is 0.900. The standard InChI is InChI=1S/C8H13NO/c1-2-7(4-9-3-1)8-5-10-6-8/h9H,1-6H2. The molecule has 2 aliphatic rings. The van der Waals surface area contributed by atoms with Gasteiger partial charge in [-0.25, -0.2) is 0 Å². The van der Waals surface area contributed by atoms with E-state index in [9.17, 15) is 0 Å². The van der Waals surface area contributed by atoms with Crippen LogP contribution >= 0.6 is 0 Å². The summed E-state index contributed by atoms with van der Waals surface area (Å²) >= 11 is 0. The molecule has 2 aliphatic heterocycles. The zero-order valence-corrected chi connectivity index (χ0v) is 6.15. The summed E-state index contributed by atoms with van der Waals surface area (Å²) in [6.07, 6.45) is 2.60. The van der Waals surface area contributed by atoms with Gasteiger partial charge in [-0.3, -0.25) is 0 Å². The molecule has 0 atom stereocenters. The van der Waals surface area contributed by atoms with Crippen molar-refractivity contribution >= 4 is 0 Å². The van der Waals surface area contributed by atoms with E-state index in [0.717, 1.165) is 19.8 Å². The molecule has 0 radical (unpaired) electrons. The number of hydrogen-bond acceptors (Lipinski definition) is 2. The Morgan fingerprint density at radius 2 is 2.10 bits per heavy atom. The predicted octanol–water partition coefficient (Wildman–Crippen LogP) is 0.697. The minimum Gasteiger partial charge on any atom is -0.373 e. The van der Waals surface area contributed by atoms with E-state index in [-0.39, 0.29) is 0 Å². The van der Waals surface area contributed by atoms with Crippen molar-refractivity contribution in [3.8, 4) is 0 Å². The highest BCUT2D eigenvalue weighted by Crippen LogP contribution is 2.19. The molecule has 0 aromatic heterocycles. The molecule has 10 heavy (non-hydrogen) atoms. The second-order valence-electron chi connectivity index (χ2n) is 2.98. The van der Waals surface area contributed by atoms with Crippen molar-refractivity contribution in [3.63, 3.8) is 0 Å². The Kier molecular flexibility index (Phi) is 1.74. The van der Waals surface area contributed by atoms with Crippen molar-refractivity contribution in [1.82, 2.24) is 5.32 Å². The Balaban J connectivity index is 2.00. The molecular weight excluding hydrogens is 126 g/mol. The van der Waals surface area contributed by atoms with Crippen LogP contribution in [0.3, 0.4) is 0 Å². The fraction of sp³-hybridized carbons (Fsp3) is 0.750. The number of ether oxygens (including phenoxy) is 1. The first kappa shape index (κ1) is 6.38.